The van der Waals surface area contributed by atoms with Crippen LogP contribution in [0, 0.1) is 34.5 Å². The van der Waals surface area contributed by atoms with E-state index in [1.54, 1.807) is 19.9 Å². The fourth-order valence-electron chi connectivity index (χ4n) is 7.54. The summed E-state index contributed by atoms with van der Waals surface area (Å²) in [5.41, 5.74) is -3.13. The largest absolute Gasteiger partial charge is 0.458 e. The Morgan fingerprint density at radius 1 is 1.29 bits per heavy atom. The van der Waals surface area contributed by atoms with E-state index in [1.165, 1.54) is 19.1 Å². The van der Waals surface area contributed by atoms with Crippen LogP contribution in [0.5, 0.6) is 0 Å². The quantitative estimate of drug-likeness (QED) is 0.661. The molecule has 170 valence electrons. The number of halogens is 1. The summed E-state index contributed by atoms with van der Waals surface area (Å²) in [6, 6.07) is 0. The van der Waals surface area contributed by atoms with Crippen molar-refractivity contribution < 1.29 is 33.7 Å². The van der Waals surface area contributed by atoms with Crippen molar-refractivity contribution >= 4 is 17.5 Å². The summed E-state index contributed by atoms with van der Waals surface area (Å²) in [6.45, 7) is 6.13. The second-order valence-corrected chi connectivity index (χ2v) is 10.4. The average Bonchev–Trinajstić information content (AvgIpc) is 2.88. The predicted molar refractivity (Wildman–Crippen MR) is 109 cm³/mol. The molecule has 0 radical (unpaired) electrons. The van der Waals surface area contributed by atoms with Crippen LogP contribution in [-0.4, -0.2) is 52.2 Å². The van der Waals surface area contributed by atoms with Gasteiger partial charge in [0, 0.05) is 23.7 Å². The maximum atomic E-state index is 15.4. The number of aliphatic hydroxyl groups is 2. The number of aliphatic hydroxyl groups excluding tert-OH is 1. The molecule has 6 nitrogen and oxygen atoms in total. The zero-order chi connectivity index (χ0) is 22.9. The third-order valence-corrected chi connectivity index (χ3v) is 8.89. The van der Waals surface area contributed by atoms with Gasteiger partial charge in [0.2, 0.25) is 5.78 Å². The van der Waals surface area contributed by atoms with Gasteiger partial charge in [-0.1, -0.05) is 26.8 Å². The van der Waals surface area contributed by atoms with E-state index in [0.29, 0.717) is 12.0 Å². The van der Waals surface area contributed by atoms with E-state index >= 15 is 4.39 Å². The number of allylic oxidation sites excluding steroid dienone is 4. The topological polar surface area (TPSA) is 101 Å². The van der Waals surface area contributed by atoms with Crippen molar-refractivity contribution in [3.05, 3.63) is 23.8 Å². The van der Waals surface area contributed by atoms with Gasteiger partial charge >= 0.3 is 5.97 Å². The molecular weight excluding hydrogens is 403 g/mol. The average molecular weight is 435 g/mol. The van der Waals surface area contributed by atoms with E-state index in [0.717, 1.165) is 0 Å². The van der Waals surface area contributed by atoms with Gasteiger partial charge in [-0.3, -0.25) is 14.4 Å². The Labute approximate surface area is 181 Å². The molecule has 9 atom stereocenters. The Morgan fingerprint density at radius 3 is 2.61 bits per heavy atom. The van der Waals surface area contributed by atoms with Crippen molar-refractivity contribution in [1.29, 1.82) is 0 Å². The summed E-state index contributed by atoms with van der Waals surface area (Å²) in [4.78, 5) is 36.2. The molecule has 3 fully saturated rings. The Morgan fingerprint density at radius 2 is 1.97 bits per heavy atom. The summed E-state index contributed by atoms with van der Waals surface area (Å²) >= 11 is 0. The Bertz CT molecular complexity index is 895. The first kappa shape index (κ1) is 22.3. The number of esters is 1. The van der Waals surface area contributed by atoms with Crippen LogP contribution >= 0.6 is 0 Å². The van der Waals surface area contributed by atoms with Gasteiger partial charge in [0.25, 0.3) is 0 Å². The van der Waals surface area contributed by atoms with Crippen molar-refractivity contribution in [3.8, 4) is 0 Å². The number of fused-ring (bicyclic) bond motifs is 5. The number of carbonyl (C=O) groups is 3. The lowest BCUT2D eigenvalue weighted by Gasteiger charge is -2.60. The smallest absolute Gasteiger partial charge is 0.303 e. The third-order valence-electron chi connectivity index (χ3n) is 8.89. The molecule has 0 aromatic heterocycles. The Balaban J connectivity index is 1.74. The molecule has 4 rings (SSSR count). The highest BCUT2D eigenvalue weighted by Gasteiger charge is 2.71. The van der Waals surface area contributed by atoms with Gasteiger partial charge in [0.15, 0.2) is 12.4 Å². The lowest BCUT2D eigenvalue weighted by Crippen LogP contribution is -2.63. The van der Waals surface area contributed by atoms with Crippen LogP contribution in [0.2, 0.25) is 0 Å². The third kappa shape index (κ3) is 2.92. The van der Waals surface area contributed by atoms with Crippen molar-refractivity contribution in [2.75, 3.05) is 6.61 Å². The van der Waals surface area contributed by atoms with E-state index in [-0.39, 0.29) is 36.4 Å². The highest BCUT2D eigenvalue weighted by Crippen LogP contribution is 2.68. The zero-order valence-electron chi connectivity index (χ0n) is 18.4. The summed E-state index contributed by atoms with van der Waals surface area (Å²) in [5.74, 6) is -2.62. The molecule has 0 spiro atoms. The van der Waals surface area contributed by atoms with E-state index < -0.39 is 53.0 Å². The molecule has 3 saturated carbocycles. The van der Waals surface area contributed by atoms with Crippen LogP contribution in [-0.2, 0) is 19.1 Å². The van der Waals surface area contributed by atoms with Crippen LogP contribution in [0.15, 0.2) is 23.8 Å². The molecule has 0 aliphatic heterocycles. The van der Waals surface area contributed by atoms with Crippen LogP contribution < -0.4 is 0 Å². The van der Waals surface area contributed by atoms with Gasteiger partial charge in [0.05, 0.1) is 6.10 Å². The van der Waals surface area contributed by atoms with Crippen molar-refractivity contribution in [1.82, 2.24) is 0 Å². The summed E-state index contributed by atoms with van der Waals surface area (Å²) in [7, 11) is 0. The molecule has 4 aliphatic carbocycles. The minimum absolute atomic E-state index is 0.144. The van der Waals surface area contributed by atoms with E-state index in [2.05, 4.69) is 0 Å². The van der Waals surface area contributed by atoms with Crippen molar-refractivity contribution in [2.24, 2.45) is 34.5 Å². The molecule has 0 saturated heterocycles. The molecule has 1 unspecified atom stereocenters. The van der Waals surface area contributed by atoms with Crippen LogP contribution in [0.1, 0.15) is 47.0 Å². The molecule has 0 bridgehead atoms. The highest BCUT2D eigenvalue weighted by molar-refractivity contribution is 6.01. The monoisotopic (exact) mass is 434 g/mol. The first-order valence-electron chi connectivity index (χ1n) is 11.0. The van der Waals surface area contributed by atoms with Gasteiger partial charge in [-0.05, 0) is 54.7 Å². The molecule has 4 aliphatic rings. The number of Topliss-reactive ketones (excluding diaryl/α,β-unsaturated/α-hetero) is 1. The lowest BCUT2D eigenvalue weighted by atomic mass is 9.46. The fourth-order valence-corrected chi connectivity index (χ4v) is 7.54. The fraction of sp³-hybridized carbons (Fsp3) is 0.708. The molecule has 0 aromatic carbocycles. The van der Waals surface area contributed by atoms with Gasteiger partial charge in [0.1, 0.15) is 11.8 Å². The number of carbonyl (C=O) groups excluding carboxylic acids is 3. The predicted octanol–water partition coefficient (Wildman–Crippen LogP) is 2.32. The first-order chi connectivity index (χ1) is 14.4. The number of alkyl halides is 1. The molecule has 0 heterocycles. The van der Waals surface area contributed by atoms with Crippen LogP contribution in [0.25, 0.3) is 0 Å². The number of hydrogen-bond donors (Lipinski definition) is 2. The maximum Gasteiger partial charge on any atom is 0.303 e. The summed E-state index contributed by atoms with van der Waals surface area (Å²) in [5, 5.41) is 23.0. The minimum atomic E-state index is -1.78. The normalized spacial score (nSPS) is 48.4. The number of rotatable bonds is 3. The number of ether oxygens (including phenoxy) is 1. The van der Waals surface area contributed by atoms with E-state index in [9.17, 15) is 24.6 Å². The molecule has 0 amide bonds. The second kappa shape index (κ2) is 7.07. The summed E-state index contributed by atoms with van der Waals surface area (Å²) < 4.78 is 20.2. The van der Waals surface area contributed by atoms with Gasteiger partial charge < -0.3 is 14.9 Å². The Hall–Kier alpha value is -1.86. The second-order valence-electron chi connectivity index (χ2n) is 10.4. The maximum absolute atomic E-state index is 15.4. The van der Waals surface area contributed by atoms with E-state index in [1.807, 2.05) is 6.92 Å². The van der Waals surface area contributed by atoms with E-state index in [4.69, 9.17) is 4.74 Å². The minimum Gasteiger partial charge on any atom is -0.458 e. The lowest BCUT2D eigenvalue weighted by molar-refractivity contribution is -0.187. The standard InChI is InChI=1S/C24H31FO6/c1-12-7-16-15-9-18(25)17-8-14(27)5-6-22(17,3)21(15)19(28)10-23(16,4)24(12,30)20(29)11-31-13(2)26/h5-6,8,12,15-16,18-19,21,28,30H,7,9-11H2,1-4H3/t12-,15+,16+,18+,19+,21?,22+,23+,24+/m1/s1. The van der Waals surface area contributed by atoms with Gasteiger partial charge in [-0.25, -0.2) is 4.39 Å². The molecule has 7 heteroatoms. The van der Waals surface area contributed by atoms with Gasteiger partial charge in [-0.15, -0.1) is 0 Å². The van der Waals surface area contributed by atoms with Crippen molar-refractivity contribution in [3.63, 3.8) is 0 Å². The SMILES string of the molecule is CC(=O)OCC(=O)[C@@]1(O)[C@H](C)C[C@H]2[C@@H]3C[C@H](F)C4=CC(=O)C=C[C@]4(C)C3[C@@H](O)C[C@@]21C. The van der Waals surface area contributed by atoms with Crippen molar-refractivity contribution in [2.45, 2.75) is 64.8 Å². The molecule has 31 heavy (non-hydrogen) atoms. The zero-order valence-corrected chi connectivity index (χ0v) is 18.4. The molecule has 2 N–H and O–H groups in total. The van der Waals surface area contributed by atoms with Gasteiger partial charge in [-0.2, -0.15) is 0 Å². The molecule has 0 aromatic rings. The number of ketones is 2. The summed E-state index contributed by atoms with van der Waals surface area (Å²) in [6.07, 6.45) is 3.14. The van der Waals surface area contributed by atoms with Crippen LogP contribution in [0.3, 0.4) is 0 Å². The van der Waals surface area contributed by atoms with Crippen LogP contribution in [0.4, 0.5) is 4.39 Å². The molecular formula is C24H31FO6. The first-order valence-corrected chi connectivity index (χ1v) is 11.0. The Kier molecular flexibility index (Phi) is 5.10. The number of hydrogen-bond acceptors (Lipinski definition) is 6. The highest BCUT2D eigenvalue weighted by atomic mass is 19.1.